The number of hydrogen-bond acceptors (Lipinski definition) is 1. The zero-order valence-electron chi connectivity index (χ0n) is 10.1. The van der Waals surface area contributed by atoms with Gasteiger partial charge < -0.3 is 5.73 Å². The molecule has 2 heteroatoms. The van der Waals surface area contributed by atoms with E-state index in [1.54, 1.807) is 0 Å². The Balaban J connectivity index is 0.00000144. The third-order valence-electron chi connectivity index (χ3n) is 3.03. The number of benzene rings is 2. The van der Waals surface area contributed by atoms with E-state index in [2.05, 4.69) is 42.5 Å². The Bertz CT molecular complexity index is 448. The molecule has 0 heterocycles. The van der Waals surface area contributed by atoms with Gasteiger partial charge in [-0.3, -0.25) is 0 Å². The van der Waals surface area contributed by atoms with E-state index in [1.807, 2.05) is 0 Å². The van der Waals surface area contributed by atoms with Gasteiger partial charge in [0.1, 0.15) is 0 Å². The molecule has 0 aromatic heterocycles. The number of rotatable bonds is 5. The number of fused-ring (bicyclic) bond motifs is 1. The predicted octanol–water partition coefficient (Wildman–Crippen LogP) is 3.93. The monoisotopic (exact) mass is 249 g/mol. The first-order valence-corrected chi connectivity index (χ1v) is 6.08. The van der Waals surface area contributed by atoms with Crippen LogP contribution in [-0.2, 0) is 6.42 Å². The Hall–Kier alpha value is -1.05. The molecule has 2 aromatic rings. The lowest BCUT2D eigenvalue weighted by molar-refractivity contribution is 0.688. The molecule has 1 nitrogen and oxygen atoms in total. The van der Waals surface area contributed by atoms with Gasteiger partial charge in [-0.05, 0) is 42.1 Å². The first-order chi connectivity index (χ1) is 7.92. The number of nitrogens with two attached hydrogens (primary N) is 1. The topological polar surface area (TPSA) is 26.0 Å². The average molecular weight is 250 g/mol. The summed E-state index contributed by atoms with van der Waals surface area (Å²) in [6.45, 7) is 0.815. The highest BCUT2D eigenvalue weighted by Gasteiger charge is 1.99. The summed E-state index contributed by atoms with van der Waals surface area (Å²) in [6.07, 6.45) is 4.79. The van der Waals surface area contributed by atoms with Crippen molar-refractivity contribution in [1.82, 2.24) is 0 Å². The molecule has 0 aliphatic carbocycles. The maximum Gasteiger partial charge on any atom is -0.00773 e. The Labute approximate surface area is 109 Å². The molecule has 0 atom stereocenters. The number of aryl methyl sites for hydroxylation is 1. The second kappa shape index (κ2) is 7.31. The molecule has 0 saturated heterocycles. The molecule has 0 radical (unpaired) electrons. The largest absolute Gasteiger partial charge is 0.330 e. The normalized spacial score (nSPS) is 10.2. The van der Waals surface area contributed by atoms with E-state index in [1.165, 1.54) is 35.6 Å². The van der Waals surface area contributed by atoms with Gasteiger partial charge in [0.15, 0.2) is 0 Å². The molecule has 0 spiro atoms. The van der Waals surface area contributed by atoms with Crippen molar-refractivity contribution in [3.8, 4) is 0 Å². The molecule has 2 N–H and O–H groups in total. The van der Waals surface area contributed by atoms with E-state index < -0.39 is 0 Å². The third-order valence-corrected chi connectivity index (χ3v) is 3.03. The summed E-state index contributed by atoms with van der Waals surface area (Å²) in [4.78, 5) is 0. The first-order valence-electron chi connectivity index (χ1n) is 6.08. The van der Waals surface area contributed by atoms with Crippen LogP contribution in [0.15, 0.2) is 42.5 Å². The molecule has 0 bridgehead atoms. The summed E-state index contributed by atoms with van der Waals surface area (Å²) in [6, 6.07) is 15.2. The summed E-state index contributed by atoms with van der Waals surface area (Å²) < 4.78 is 0. The zero-order chi connectivity index (χ0) is 11.2. The standard InChI is InChI=1S/C15H19N.ClH/c16-12-5-1-2-7-13-9-6-10-14-8-3-4-11-15(13)14;/h3-4,6,8-11H,1-2,5,7,12,16H2;1H. The molecule has 0 amide bonds. The van der Waals surface area contributed by atoms with Gasteiger partial charge in [0.2, 0.25) is 0 Å². The van der Waals surface area contributed by atoms with Crippen LogP contribution in [-0.4, -0.2) is 6.54 Å². The fourth-order valence-corrected chi connectivity index (χ4v) is 2.15. The quantitative estimate of drug-likeness (QED) is 0.799. The van der Waals surface area contributed by atoms with Crippen molar-refractivity contribution >= 4 is 23.2 Å². The van der Waals surface area contributed by atoms with Crippen molar-refractivity contribution < 1.29 is 0 Å². The zero-order valence-corrected chi connectivity index (χ0v) is 10.9. The van der Waals surface area contributed by atoms with Crippen LogP contribution < -0.4 is 5.73 Å². The molecule has 0 fully saturated rings. The molecule has 0 saturated carbocycles. The Morgan fingerprint density at radius 3 is 2.41 bits per heavy atom. The van der Waals surface area contributed by atoms with Gasteiger partial charge in [-0.25, -0.2) is 0 Å². The van der Waals surface area contributed by atoms with Gasteiger partial charge in [-0.2, -0.15) is 0 Å². The molecular weight excluding hydrogens is 230 g/mol. The minimum absolute atomic E-state index is 0. The van der Waals surface area contributed by atoms with Crippen molar-refractivity contribution in [2.24, 2.45) is 5.73 Å². The first kappa shape index (κ1) is 14.0. The smallest absolute Gasteiger partial charge is 0.00773 e. The molecular formula is C15H20ClN. The van der Waals surface area contributed by atoms with Gasteiger partial charge in [-0.15, -0.1) is 12.4 Å². The predicted molar refractivity (Wildman–Crippen MR) is 77.8 cm³/mol. The Morgan fingerprint density at radius 1 is 0.824 bits per heavy atom. The van der Waals surface area contributed by atoms with E-state index in [0.29, 0.717) is 0 Å². The van der Waals surface area contributed by atoms with Gasteiger partial charge in [0.25, 0.3) is 0 Å². The highest BCUT2D eigenvalue weighted by atomic mass is 35.5. The van der Waals surface area contributed by atoms with Crippen LogP contribution in [0, 0.1) is 0 Å². The average Bonchev–Trinajstić information content (AvgIpc) is 2.35. The van der Waals surface area contributed by atoms with Crippen LogP contribution in [0.2, 0.25) is 0 Å². The second-order valence-corrected chi connectivity index (χ2v) is 4.24. The highest BCUT2D eigenvalue weighted by molar-refractivity contribution is 5.85. The third kappa shape index (κ3) is 3.72. The summed E-state index contributed by atoms with van der Waals surface area (Å²) >= 11 is 0. The van der Waals surface area contributed by atoms with Crippen LogP contribution in [0.4, 0.5) is 0 Å². The van der Waals surface area contributed by atoms with Crippen LogP contribution in [0.25, 0.3) is 10.8 Å². The minimum Gasteiger partial charge on any atom is -0.330 e. The molecule has 17 heavy (non-hydrogen) atoms. The lowest BCUT2D eigenvalue weighted by Gasteiger charge is -2.06. The van der Waals surface area contributed by atoms with E-state index >= 15 is 0 Å². The van der Waals surface area contributed by atoms with Crippen molar-refractivity contribution in [1.29, 1.82) is 0 Å². The van der Waals surface area contributed by atoms with Crippen LogP contribution in [0.1, 0.15) is 24.8 Å². The molecule has 2 aromatic carbocycles. The lowest BCUT2D eigenvalue weighted by Crippen LogP contribution is -1.98. The lowest BCUT2D eigenvalue weighted by atomic mass is 10.00. The van der Waals surface area contributed by atoms with E-state index in [0.717, 1.165) is 13.0 Å². The van der Waals surface area contributed by atoms with Gasteiger partial charge in [-0.1, -0.05) is 48.9 Å². The number of halogens is 1. The maximum atomic E-state index is 5.50. The van der Waals surface area contributed by atoms with Crippen molar-refractivity contribution in [3.05, 3.63) is 48.0 Å². The summed E-state index contributed by atoms with van der Waals surface area (Å²) in [5, 5.41) is 2.75. The van der Waals surface area contributed by atoms with Gasteiger partial charge in [0.05, 0.1) is 0 Å². The van der Waals surface area contributed by atoms with Crippen molar-refractivity contribution in [2.75, 3.05) is 6.54 Å². The molecule has 0 unspecified atom stereocenters. The van der Waals surface area contributed by atoms with E-state index in [-0.39, 0.29) is 12.4 Å². The fourth-order valence-electron chi connectivity index (χ4n) is 2.15. The summed E-state index contributed by atoms with van der Waals surface area (Å²) in [5.74, 6) is 0. The van der Waals surface area contributed by atoms with E-state index in [9.17, 15) is 0 Å². The van der Waals surface area contributed by atoms with Crippen LogP contribution in [0.3, 0.4) is 0 Å². The molecule has 92 valence electrons. The molecule has 0 aliphatic rings. The van der Waals surface area contributed by atoms with Crippen LogP contribution in [0.5, 0.6) is 0 Å². The Kier molecular flexibility index (Phi) is 6.03. The van der Waals surface area contributed by atoms with E-state index in [4.69, 9.17) is 5.73 Å². The maximum absolute atomic E-state index is 5.50. The second-order valence-electron chi connectivity index (χ2n) is 4.24. The SMILES string of the molecule is Cl.NCCCCCc1cccc2ccccc12. The van der Waals surface area contributed by atoms with Gasteiger partial charge >= 0.3 is 0 Å². The molecule has 2 rings (SSSR count). The van der Waals surface area contributed by atoms with Crippen molar-refractivity contribution in [3.63, 3.8) is 0 Å². The highest BCUT2D eigenvalue weighted by Crippen LogP contribution is 2.20. The van der Waals surface area contributed by atoms with Gasteiger partial charge in [0, 0.05) is 0 Å². The number of hydrogen-bond donors (Lipinski definition) is 1. The number of unbranched alkanes of at least 4 members (excludes halogenated alkanes) is 2. The summed E-state index contributed by atoms with van der Waals surface area (Å²) in [7, 11) is 0. The van der Waals surface area contributed by atoms with Crippen LogP contribution >= 0.6 is 12.4 Å². The minimum atomic E-state index is 0. The van der Waals surface area contributed by atoms with Crippen molar-refractivity contribution in [2.45, 2.75) is 25.7 Å². The fraction of sp³-hybridized carbons (Fsp3) is 0.333. The Morgan fingerprint density at radius 2 is 1.59 bits per heavy atom. The summed E-state index contributed by atoms with van der Waals surface area (Å²) in [5.41, 5.74) is 6.97. The molecule has 0 aliphatic heterocycles.